The van der Waals surface area contributed by atoms with E-state index in [2.05, 4.69) is 20.4 Å². The van der Waals surface area contributed by atoms with E-state index >= 15 is 0 Å². The molecule has 0 aliphatic carbocycles. The molecule has 1 fully saturated rings. The first-order chi connectivity index (χ1) is 10.6. The second-order valence-corrected chi connectivity index (χ2v) is 6.15. The number of aromatic nitrogens is 2. The van der Waals surface area contributed by atoms with Crippen LogP contribution >= 0.6 is 11.3 Å². The molecule has 8 heteroatoms. The summed E-state index contributed by atoms with van der Waals surface area (Å²) in [4.78, 5) is 18.7. The Kier molecular flexibility index (Phi) is 4.51. The molecule has 2 atom stereocenters. The van der Waals surface area contributed by atoms with Crippen molar-refractivity contribution in [2.75, 3.05) is 25.0 Å². The molecule has 3 heterocycles. The number of hydrogen-bond acceptors (Lipinski definition) is 7. The molecule has 0 radical (unpaired) electrons. The van der Waals surface area contributed by atoms with Crippen molar-refractivity contribution in [2.24, 2.45) is 0 Å². The molecule has 1 aliphatic rings. The van der Waals surface area contributed by atoms with Crippen LogP contribution in [0, 0.1) is 6.92 Å². The maximum Gasteiger partial charge on any atom is 0.243 e. The van der Waals surface area contributed by atoms with E-state index in [0.717, 1.165) is 10.7 Å². The summed E-state index contributed by atoms with van der Waals surface area (Å²) < 4.78 is 10.8. The number of aryl methyl sites for hydroxylation is 1. The predicted octanol–water partition coefficient (Wildman–Crippen LogP) is 1.84. The molecule has 0 unspecified atom stereocenters. The van der Waals surface area contributed by atoms with Crippen molar-refractivity contribution in [1.29, 1.82) is 0 Å². The fraction of sp³-hybridized carbons (Fsp3) is 0.500. The topological polar surface area (TPSA) is 80.5 Å². The average molecular weight is 322 g/mol. The van der Waals surface area contributed by atoms with Gasteiger partial charge in [0.15, 0.2) is 0 Å². The highest BCUT2D eigenvalue weighted by Crippen LogP contribution is 2.25. The first-order valence-electron chi connectivity index (χ1n) is 7.12. The van der Waals surface area contributed by atoms with E-state index in [1.165, 1.54) is 0 Å². The fourth-order valence-electron chi connectivity index (χ4n) is 2.38. The van der Waals surface area contributed by atoms with Crippen LogP contribution in [0.3, 0.4) is 0 Å². The predicted molar refractivity (Wildman–Crippen MR) is 81.7 cm³/mol. The molecule has 118 valence electrons. The number of amides is 1. The van der Waals surface area contributed by atoms with Crippen molar-refractivity contribution in [3.8, 4) is 0 Å². The highest BCUT2D eigenvalue weighted by molar-refractivity contribution is 7.09. The van der Waals surface area contributed by atoms with Crippen LogP contribution in [-0.4, -0.2) is 46.7 Å². The lowest BCUT2D eigenvalue weighted by atomic mass is 10.2. The minimum atomic E-state index is -0.281. The summed E-state index contributed by atoms with van der Waals surface area (Å²) in [7, 11) is 0. The number of nitrogens with zero attached hydrogens (tertiary/aromatic N) is 3. The molecule has 0 aromatic carbocycles. The number of carbonyl (C=O) groups excluding carboxylic acids is 1. The molecule has 0 spiro atoms. The molecule has 2 aromatic heterocycles. The van der Waals surface area contributed by atoms with Gasteiger partial charge in [-0.25, -0.2) is 4.98 Å². The third-order valence-electron chi connectivity index (χ3n) is 3.63. The number of rotatable bonds is 4. The second-order valence-electron chi connectivity index (χ2n) is 5.22. The monoisotopic (exact) mass is 322 g/mol. The van der Waals surface area contributed by atoms with Gasteiger partial charge in [-0.05, 0) is 13.8 Å². The van der Waals surface area contributed by atoms with Crippen molar-refractivity contribution in [3.05, 3.63) is 28.3 Å². The van der Waals surface area contributed by atoms with E-state index in [9.17, 15) is 4.79 Å². The summed E-state index contributed by atoms with van der Waals surface area (Å²) in [6.45, 7) is 5.64. The Morgan fingerprint density at radius 2 is 2.45 bits per heavy atom. The lowest BCUT2D eigenvalue weighted by Crippen LogP contribution is -2.48. The normalized spacial score (nSPS) is 20.7. The molecule has 7 nitrogen and oxygen atoms in total. The molecule has 1 N–H and O–H groups in total. The van der Waals surface area contributed by atoms with E-state index in [1.807, 2.05) is 19.2 Å². The second kappa shape index (κ2) is 6.55. The zero-order valence-corrected chi connectivity index (χ0v) is 13.3. The van der Waals surface area contributed by atoms with Crippen LogP contribution in [-0.2, 0) is 9.53 Å². The van der Waals surface area contributed by atoms with Gasteiger partial charge in [-0.15, -0.1) is 11.3 Å². The van der Waals surface area contributed by atoms with Gasteiger partial charge in [0.05, 0.1) is 18.3 Å². The Labute approximate surface area is 132 Å². The summed E-state index contributed by atoms with van der Waals surface area (Å²) in [5, 5.41) is 9.38. The largest absolute Gasteiger partial charge is 0.368 e. The van der Waals surface area contributed by atoms with Crippen molar-refractivity contribution < 1.29 is 14.1 Å². The zero-order valence-electron chi connectivity index (χ0n) is 12.5. The molecular weight excluding hydrogens is 304 g/mol. The number of anilines is 1. The average Bonchev–Trinajstić information content (AvgIpc) is 3.18. The quantitative estimate of drug-likeness (QED) is 0.925. The molecule has 1 saturated heterocycles. The van der Waals surface area contributed by atoms with E-state index in [4.69, 9.17) is 9.26 Å². The molecule has 0 saturated carbocycles. The minimum absolute atomic E-state index is 0.0727. The lowest BCUT2D eigenvalue weighted by Gasteiger charge is -2.35. The summed E-state index contributed by atoms with van der Waals surface area (Å²) in [5.41, 5.74) is 0.734. The van der Waals surface area contributed by atoms with E-state index in [1.54, 1.807) is 23.6 Å². The number of hydrogen-bond donors (Lipinski definition) is 1. The van der Waals surface area contributed by atoms with Gasteiger partial charge in [0.2, 0.25) is 11.8 Å². The summed E-state index contributed by atoms with van der Waals surface area (Å²) in [6.07, 6.45) is 1.70. The Bertz CT molecular complexity index is 628. The summed E-state index contributed by atoms with van der Waals surface area (Å²) in [6, 6.07) is 1.42. The molecule has 22 heavy (non-hydrogen) atoms. The van der Waals surface area contributed by atoms with Crippen LogP contribution in [0.5, 0.6) is 0 Å². The first kappa shape index (κ1) is 15.1. The summed E-state index contributed by atoms with van der Waals surface area (Å²) >= 11 is 1.57. The zero-order chi connectivity index (χ0) is 15.5. The Hall–Kier alpha value is -1.77. The maximum absolute atomic E-state index is 12.3. The number of carbonyl (C=O) groups is 1. The van der Waals surface area contributed by atoms with Gasteiger partial charge in [-0.2, -0.15) is 0 Å². The molecule has 1 amide bonds. The number of morpholine rings is 1. The van der Waals surface area contributed by atoms with Crippen LogP contribution < -0.4 is 5.32 Å². The van der Waals surface area contributed by atoms with Crippen molar-refractivity contribution in [2.45, 2.75) is 26.0 Å². The fourth-order valence-corrected chi connectivity index (χ4v) is 3.06. The van der Waals surface area contributed by atoms with Gasteiger partial charge < -0.3 is 9.26 Å². The molecule has 3 rings (SSSR count). The standard InChI is InChI=1S/C14H18N4O3S/c1-9-7-12(21-17-9)16-13(19)10(2)18-4-5-20-11(8-18)14-15-3-6-22-14/h3,6-7,10-11H,4-5,8H2,1-2H3,(H,16,19)/t10-,11+/m0/s1. The molecular formula is C14H18N4O3S. The Morgan fingerprint density at radius 3 is 3.14 bits per heavy atom. The third-order valence-corrected chi connectivity index (χ3v) is 4.49. The molecule has 2 aromatic rings. The van der Waals surface area contributed by atoms with E-state index < -0.39 is 0 Å². The SMILES string of the molecule is Cc1cc(NC(=O)[C@H](C)N2CCO[C@@H](c3nccs3)C2)on1. The van der Waals surface area contributed by atoms with Crippen LogP contribution in [0.4, 0.5) is 5.88 Å². The van der Waals surface area contributed by atoms with Crippen LogP contribution in [0.1, 0.15) is 23.7 Å². The van der Waals surface area contributed by atoms with Crippen molar-refractivity contribution >= 4 is 23.1 Å². The van der Waals surface area contributed by atoms with E-state index in [0.29, 0.717) is 25.6 Å². The summed E-state index contributed by atoms with van der Waals surface area (Å²) in [5.74, 6) is 0.259. The van der Waals surface area contributed by atoms with Crippen molar-refractivity contribution in [3.63, 3.8) is 0 Å². The Morgan fingerprint density at radius 1 is 1.59 bits per heavy atom. The number of nitrogens with one attached hydrogen (secondary N) is 1. The van der Waals surface area contributed by atoms with E-state index in [-0.39, 0.29) is 18.1 Å². The van der Waals surface area contributed by atoms with Gasteiger partial charge in [-0.3, -0.25) is 15.0 Å². The van der Waals surface area contributed by atoms with Gasteiger partial charge in [-0.1, -0.05) is 5.16 Å². The Balaban J connectivity index is 1.61. The van der Waals surface area contributed by atoms with Gasteiger partial charge in [0, 0.05) is 30.7 Å². The van der Waals surface area contributed by atoms with Gasteiger partial charge in [0.1, 0.15) is 11.1 Å². The third kappa shape index (κ3) is 3.34. The first-order valence-corrected chi connectivity index (χ1v) is 8.00. The lowest BCUT2D eigenvalue weighted by molar-refractivity contribution is -0.124. The van der Waals surface area contributed by atoms with Crippen LogP contribution in [0.25, 0.3) is 0 Å². The highest BCUT2D eigenvalue weighted by Gasteiger charge is 2.30. The molecule has 1 aliphatic heterocycles. The minimum Gasteiger partial charge on any atom is -0.368 e. The van der Waals surface area contributed by atoms with Crippen molar-refractivity contribution in [1.82, 2.24) is 15.0 Å². The van der Waals surface area contributed by atoms with Gasteiger partial charge in [0.25, 0.3) is 0 Å². The molecule has 0 bridgehead atoms. The number of thiazole rings is 1. The van der Waals surface area contributed by atoms with Gasteiger partial charge >= 0.3 is 0 Å². The number of ether oxygens (including phenoxy) is 1. The van der Waals surface area contributed by atoms with Crippen LogP contribution in [0.15, 0.2) is 22.2 Å². The smallest absolute Gasteiger partial charge is 0.243 e. The van der Waals surface area contributed by atoms with Crippen LogP contribution in [0.2, 0.25) is 0 Å². The highest BCUT2D eigenvalue weighted by atomic mass is 32.1. The maximum atomic E-state index is 12.3.